The van der Waals surface area contributed by atoms with Gasteiger partial charge in [0.05, 0.1) is 6.26 Å². The fourth-order valence-electron chi connectivity index (χ4n) is 1.55. The molecule has 0 aliphatic carbocycles. The summed E-state index contributed by atoms with van der Waals surface area (Å²) in [5.41, 5.74) is 0.299. The summed E-state index contributed by atoms with van der Waals surface area (Å²) >= 11 is 0. The Bertz CT molecular complexity index is 474. The molecule has 0 fully saturated rings. The Hall–Kier alpha value is -2.04. The molecule has 1 rings (SSSR count). The maximum atomic E-state index is 11.8. The van der Waals surface area contributed by atoms with E-state index in [2.05, 4.69) is 5.32 Å². The van der Waals surface area contributed by atoms with Crippen LogP contribution in [0.25, 0.3) is 0 Å². The fourth-order valence-corrected chi connectivity index (χ4v) is 1.55. The van der Waals surface area contributed by atoms with Gasteiger partial charge < -0.3 is 14.8 Å². The van der Waals surface area contributed by atoms with E-state index in [1.54, 1.807) is 6.26 Å². The van der Waals surface area contributed by atoms with Crippen LogP contribution in [0.1, 0.15) is 33.0 Å². The molecular formula is C14H19NO4. The number of aryl methyl sites for hydroxylation is 1. The number of aliphatic carboxylic acids is 1. The fraction of sp³-hybridized carbons (Fsp3) is 0.429. The number of nitrogens with one attached hydrogen (secondary N) is 1. The van der Waals surface area contributed by atoms with Crippen LogP contribution in [0.4, 0.5) is 0 Å². The molecule has 0 aromatic carbocycles. The van der Waals surface area contributed by atoms with Gasteiger partial charge in [0.1, 0.15) is 5.76 Å². The van der Waals surface area contributed by atoms with Gasteiger partial charge in [-0.05, 0) is 39.3 Å². The third-order valence-corrected chi connectivity index (χ3v) is 3.01. The van der Waals surface area contributed by atoms with Crippen LogP contribution in [-0.4, -0.2) is 23.0 Å². The first-order chi connectivity index (χ1) is 8.91. The molecule has 0 spiro atoms. The van der Waals surface area contributed by atoms with Gasteiger partial charge in [-0.15, -0.1) is 0 Å². The smallest absolute Gasteiger partial charge is 0.331 e. The molecule has 1 atom stereocenters. The lowest BCUT2D eigenvalue weighted by molar-refractivity contribution is -0.133. The van der Waals surface area contributed by atoms with Crippen molar-refractivity contribution in [3.63, 3.8) is 0 Å². The summed E-state index contributed by atoms with van der Waals surface area (Å²) in [5.74, 6) is -0.544. The molecule has 0 saturated heterocycles. The van der Waals surface area contributed by atoms with Crippen LogP contribution >= 0.6 is 0 Å². The van der Waals surface area contributed by atoms with E-state index in [1.807, 2.05) is 19.1 Å². The van der Waals surface area contributed by atoms with Gasteiger partial charge in [0.25, 0.3) is 0 Å². The average Bonchev–Trinajstić information content (AvgIpc) is 2.87. The van der Waals surface area contributed by atoms with Gasteiger partial charge in [0.15, 0.2) is 0 Å². The van der Waals surface area contributed by atoms with Crippen molar-refractivity contribution in [3.05, 3.63) is 35.3 Å². The zero-order valence-corrected chi connectivity index (χ0v) is 11.4. The molecule has 2 N–H and O–H groups in total. The lowest BCUT2D eigenvalue weighted by atomic mass is 10.1. The highest BCUT2D eigenvalue weighted by molar-refractivity contribution is 6.01. The maximum absolute atomic E-state index is 11.8. The molecule has 0 aliphatic rings. The van der Waals surface area contributed by atoms with E-state index in [1.165, 1.54) is 13.8 Å². The van der Waals surface area contributed by atoms with E-state index >= 15 is 0 Å². The summed E-state index contributed by atoms with van der Waals surface area (Å²) in [6.45, 7) is 4.81. The predicted octanol–water partition coefficient (Wildman–Crippen LogP) is 2.14. The van der Waals surface area contributed by atoms with Crippen molar-refractivity contribution in [2.45, 2.75) is 39.7 Å². The summed E-state index contributed by atoms with van der Waals surface area (Å²) in [4.78, 5) is 22.6. The van der Waals surface area contributed by atoms with Crippen LogP contribution in [0.2, 0.25) is 0 Å². The Balaban J connectivity index is 2.48. The van der Waals surface area contributed by atoms with Crippen LogP contribution < -0.4 is 5.32 Å². The average molecular weight is 265 g/mol. The van der Waals surface area contributed by atoms with Gasteiger partial charge in [-0.2, -0.15) is 0 Å². The summed E-state index contributed by atoms with van der Waals surface area (Å²) in [6.07, 6.45) is 3.08. The van der Waals surface area contributed by atoms with Crippen LogP contribution in [0.3, 0.4) is 0 Å². The van der Waals surface area contributed by atoms with Gasteiger partial charge >= 0.3 is 5.97 Å². The minimum Gasteiger partial charge on any atom is -0.478 e. The van der Waals surface area contributed by atoms with E-state index in [-0.39, 0.29) is 23.1 Å². The highest BCUT2D eigenvalue weighted by atomic mass is 16.4. The van der Waals surface area contributed by atoms with Crippen LogP contribution in [-0.2, 0) is 16.0 Å². The van der Waals surface area contributed by atoms with E-state index < -0.39 is 5.97 Å². The number of rotatable bonds is 6. The first-order valence-electron chi connectivity index (χ1n) is 6.15. The number of furan rings is 1. The van der Waals surface area contributed by atoms with Crippen molar-refractivity contribution in [1.29, 1.82) is 0 Å². The van der Waals surface area contributed by atoms with Gasteiger partial charge in [-0.3, -0.25) is 4.79 Å². The maximum Gasteiger partial charge on any atom is 0.331 e. The van der Waals surface area contributed by atoms with Gasteiger partial charge in [0, 0.05) is 23.6 Å². The SMILES string of the molecule is CC(C(=O)O)=C(C)C(=O)NC(C)CCc1ccco1. The first-order valence-corrected chi connectivity index (χ1v) is 6.15. The zero-order valence-electron chi connectivity index (χ0n) is 11.4. The predicted molar refractivity (Wildman–Crippen MR) is 70.6 cm³/mol. The monoisotopic (exact) mass is 265 g/mol. The molecule has 19 heavy (non-hydrogen) atoms. The molecule has 5 nitrogen and oxygen atoms in total. The molecule has 1 aromatic heterocycles. The molecule has 0 bridgehead atoms. The summed E-state index contributed by atoms with van der Waals surface area (Å²) < 4.78 is 5.21. The number of carbonyl (C=O) groups excluding carboxylic acids is 1. The Morgan fingerprint density at radius 2 is 2.05 bits per heavy atom. The lowest BCUT2D eigenvalue weighted by Crippen LogP contribution is -2.34. The van der Waals surface area contributed by atoms with Crippen molar-refractivity contribution >= 4 is 11.9 Å². The Morgan fingerprint density at radius 1 is 1.37 bits per heavy atom. The van der Waals surface area contributed by atoms with Crippen molar-refractivity contribution in [3.8, 4) is 0 Å². The van der Waals surface area contributed by atoms with E-state index in [0.29, 0.717) is 0 Å². The van der Waals surface area contributed by atoms with Crippen LogP contribution in [0.15, 0.2) is 34.0 Å². The van der Waals surface area contributed by atoms with Crippen molar-refractivity contribution in [1.82, 2.24) is 5.32 Å². The normalized spacial score (nSPS) is 13.6. The lowest BCUT2D eigenvalue weighted by Gasteiger charge is -2.14. The molecule has 0 aliphatic heterocycles. The second kappa shape index (κ2) is 6.78. The quantitative estimate of drug-likeness (QED) is 0.772. The van der Waals surface area contributed by atoms with Gasteiger partial charge in [-0.1, -0.05) is 0 Å². The summed E-state index contributed by atoms with van der Waals surface area (Å²) in [6, 6.07) is 3.66. The molecule has 1 heterocycles. The zero-order chi connectivity index (χ0) is 14.4. The topological polar surface area (TPSA) is 79.5 Å². The Morgan fingerprint density at radius 3 is 2.58 bits per heavy atom. The van der Waals surface area contributed by atoms with Crippen molar-refractivity contribution in [2.75, 3.05) is 0 Å². The van der Waals surface area contributed by atoms with Crippen LogP contribution in [0.5, 0.6) is 0 Å². The molecule has 0 saturated carbocycles. The van der Waals surface area contributed by atoms with E-state index in [0.717, 1.165) is 18.6 Å². The van der Waals surface area contributed by atoms with Crippen molar-refractivity contribution in [2.24, 2.45) is 0 Å². The first kappa shape index (κ1) is 15.0. The molecule has 5 heteroatoms. The second-order valence-corrected chi connectivity index (χ2v) is 4.55. The molecular weight excluding hydrogens is 246 g/mol. The molecule has 104 valence electrons. The Labute approximate surface area is 112 Å². The highest BCUT2D eigenvalue weighted by Crippen LogP contribution is 2.08. The molecule has 1 amide bonds. The largest absolute Gasteiger partial charge is 0.478 e. The summed E-state index contributed by atoms with van der Waals surface area (Å²) in [7, 11) is 0. The number of hydrogen-bond donors (Lipinski definition) is 2. The van der Waals surface area contributed by atoms with Gasteiger partial charge in [-0.25, -0.2) is 4.79 Å². The molecule has 1 aromatic rings. The minimum atomic E-state index is -1.07. The second-order valence-electron chi connectivity index (χ2n) is 4.55. The number of carboxylic acids is 1. The highest BCUT2D eigenvalue weighted by Gasteiger charge is 2.14. The summed E-state index contributed by atoms with van der Waals surface area (Å²) in [5, 5.41) is 11.6. The number of hydrogen-bond acceptors (Lipinski definition) is 3. The standard InChI is InChI=1S/C14H19NO4/c1-9(6-7-12-5-4-8-19-12)15-13(16)10(2)11(3)14(17)18/h4-5,8-9H,6-7H2,1-3H3,(H,15,16)(H,17,18). The van der Waals surface area contributed by atoms with Crippen LogP contribution in [0, 0.1) is 0 Å². The number of amides is 1. The molecule has 0 radical (unpaired) electrons. The third-order valence-electron chi connectivity index (χ3n) is 3.01. The van der Waals surface area contributed by atoms with Gasteiger partial charge in [0.2, 0.25) is 5.91 Å². The number of carbonyl (C=O) groups is 2. The Kier molecular flexibility index (Phi) is 5.36. The number of carboxylic acid groups (broad SMARTS) is 1. The van der Waals surface area contributed by atoms with E-state index in [4.69, 9.17) is 9.52 Å². The third kappa shape index (κ3) is 4.62. The van der Waals surface area contributed by atoms with Crippen molar-refractivity contribution < 1.29 is 19.1 Å². The molecule has 1 unspecified atom stereocenters. The minimum absolute atomic E-state index is 0.0471. The van der Waals surface area contributed by atoms with E-state index in [9.17, 15) is 9.59 Å².